The van der Waals surface area contributed by atoms with Gasteiger partial charge < -0.3 is 15.4 Å². The van der Waals surface area contributed by atoms with E-state index in [0.717, 1.165) is 5.56 Å². The molecule has 0 fully saturated rings. The Bertz CT molecular complexity index is 790. The number of carbonyl (C=O) groups is 2. The highest BCUT2D eigenvalue weighted by Crippen LogP contribution is 2.34. The van der Waals surface area contributed by atoms with Gasteiger partial charge in [-0.2, -0.15) is 5.10 Å². The molecule has 1 aromatic heterocycles. The summed E-state index contributed by atoms with van der Waals surface area (Å²) in [6.07, 6.45) is 4.15. The Morgan fingerprint density at radius 3 is 3.08 bits per heavy atom. The van der Waals surface area contributed by atoms with Crippen molar-refractivity contribution in [1.29, 1.82) is 0 Å². The molecule has 0 radical (unpaired) electrons. The highest BCUT2D eigenvalue weighted by atomic mass is 35.5. The number of aryl methyl sites for hydroxylation is 1. The first-order valence-electron chi connectivity index (χ1n) is 8.00. The topological polar surface area (TPSA) is 85.2 Å². The van der Waals surface area contributed by atoms with Gasteiger partial charge in [0, 0.05) is 31.4 Å². The van der Waals surface area contributed by atoms with E-state index in [1.807, 2.05) is 0 Å². The van der Waals surface area contributed by atoms with Crippen LogP contribution in [0.15, 0.2) is 30.6 Å². The number of nitrogens with one attached hydrogen (secondary N) is 2. The average Bonchev–Trinajstić information content (AvgIpc) is 3.02. The van der Waals surface area contributed by atoms with Gasteiger partial charge in [0.15, 0.2) is 0 Å². The van der Waals surface area contributed by atoms with Gasteiger partial charge >= 0.3 is 0 Å². The van der Waals surface area contributed by atoms with Gasteiger partial charge in [-0.25, -0.2) is 0 Å². The number of methoxy groups -OCH3 is 1. The Morgan fingerprint density at radius 2 is 2.36 bits per heavy atom. The zero-order valence-electron chi connectivity index (χ0n) is 13.8. The quantitative estimate of drug-likeness (QED) is 0.771. The van der Waals surface area contributed by atoms with Gasteiger partial charge in [-0.05, 0) is 30.2 Å². The summed E-state index contributed by atoms with van der Waals surface area (Å²) in [5, 5.41) is 10.4. The average molecular weight is 363 g/mol. The molecular weight excluding hydrogens is 344 g/mol. The van der Waals surface area contributed by atoms with Crippen LogP contribution < -0.4 is 15.4 Å². The first kappa shape index (κ1) is 17.3. The molecule has 2 N–H and O–H groups in total. The summed E-state index contributed by atoms with van der Waals surface area (Å²) in [5.41, 5.74) is 1.43. The van der Waals surface area contributed by atoms with Crippen molar-refractivity contribution >= 4 is 29.1 Å². The maximum atomic E-state index is 12.5. The third kappa shape index (κ3) is 4.11. The summed E-state index contributed by atoms with van der Waals surface area (Å²) in [7, 11) is 1.57. The molecule has 25 heavy (non-hydrogen) atoms. The van der Waals surface area contributed by atoms with Crippen LogP contribution in [0.3, 0.4) is 0 Å². The van der Waals surface area contributed by atoms with Crippen LogP contribution in [0.25, 0.3) is 0 Å². The van der Waals surface area contributed by atoms with Crippen LogP contribution in [-0.4, -0.2) is 35.2 Å². The van der Waals surface area contributed by atoms with Gasteiger partial charge in [-0.1, -0.05) is 11.6 Å². The predicted molar refractivity (Wildman–Crippen MR) is 93.8 cm³/mol. The Morgan fingerprint density at radius 1 is 1.52 bits per heavy atom. The Labute approximate surface area is 150 Å². The fourth-order valence-electron chi connectivity index (χ4n) is 2.84. The van der Waals surface area contributed by atoms with E-state index in [9.17, 15) is 9.59 Å². The number of hydrogen-bond acceptors (Lipinski definition) is 4. The number of nitrogens with zero attached hydrogens (tertiary/aromatic N) is 2. The van der Waals surface area contributed by atoms with Crippen LogP contribution in [0.5, 0.6) is 5.75 Å². The van der Waals surface area contributed by atoms with Crippen molar-refractivity contribution in [2.75, 3.05) is 19.0 Å². The molecule has 0 saturated carbocycles. The first-order valence-corrected chi connectivity index (χ1v) is 8.38. The fraction of sp³-hybridized carbons (Fsp3) is 0.353. The largest absolute Gasteiger partial charge is 0.497 e. The van der Waals surface area contributed by atoms with Crippen LogP contribution in [0.2, 0.25) is 5.02 Å². The molecular formula is C17H19ClN4O3. The van der Waals surface area contributed by atoms with Crippen LogP contribution in [0.1, 0.15) is 24.3 Å². The number of halogens is 1. The third-order valence-corrected chi connectivity index (χ3v) is 4.27. The second kappa shape index (κ2) is 7.57. The van der Waals surface area contributed by atoms with Gasteiger partial charge in [0.25, 0.3) is 0 Å². The molecule has 2 amide bonds. The molecule has 0 unspecified atom stereocenters. The number of aromatic nitrogens is 2. The molecule has 0 spiro atoms. The van der Waals surface area contributed by atoms with Crippen molar-refractivity contribution in [3.63, 3.8) is 0 Å². The summed E-state index contributed by atoms with van der Waals surface area (Å²) < 4.78 is 6.94. The molecule has 1 aromatic carbocycles. The lowest BCUT2D eigenvalue weighted by Gasteiger charge is -2.25. The number of fused-ring (bicyclic) bond motifs is 1. The number of rotatable bonds is 6. The van der Waals surface area contributed by atoms with E-state index >= 15 is 0 Å². The molecule has 0 bridgehead atoms. The van der Waals surface area contributed by atoms with Gasteiger partial charge in [0.05, 0.1) is 24.2 Å². The summed E-state index contributed by atoms with van der Waals surface area (Å²) in [6.45, 7) is 1.15. The van der Waals surface area contributed by atoms with E-state index in [1.54, 1.807) is 42.4 Å². The maximum Gasteiger partial charge on any atom is 0.228 e. The number of hydrogen-bond donors (Lipinski definition) is 2. The Kier molecular flexibility index (Phi) is 5.23. The predicted octanol–water partition coefficient (Wildman–Crippen LogP) is 2.18. The minimum Gasteiger partial charge on any atom is -0.497 e. The zero-order valence-corrected chi connectivity index (χ0v) is 14.5. The molecule has 7 nitrogen and oxygen atoms in total. The second-order valence-electron chi connectivity index (χ2n) is 5.82. The Balaban J connectivity index is 1.61. The smallest absolute Gasteiger partial charge is 0.228 e. The van der Waals surface area contributed by atoms with Crippen molar-refractivity contribution in [2.24, 2.45) is 0 Å². The van der Waals surface area contributed by atoms with Crippen LogP contribution in [0, 0.1) is 0 Å². The highest BCUT2D eigenvalue weighted by molar-refractivity contribution is 6.30. The standard InChI is InChI=1S/C17H19ClN4O3/c1-25-12-3-4-15-13(7-12)14(8-16(23)21-15)17(24)19-5-2-6-22-10-11(18)9-20-22/h3-4,7,9-10,14H,2,5-6,8H2,1H3,(H,19,24)(H,21,23)/t14-/m1/s1. The summed E-state index contributed by atoms with van der Waals surface area (Å²) in [6, 6.07) is 5.31. The normalized spacial score (nSPS) is 16.1. The van der Waals surface area contributed by atoms with E-state index in [1.165, 1.54) is 0 Å². The maximum absolute atomic E-state index is 12.5. The lowest BCUT2D eigenvalue weighted by Crippen LogP contribution is -2.35. The van der Waals surface area contributed by atoms with Gasteiger partial charge in [0.2, 0.25) is 11.8 Å². The van der Waals surface area contributed by atoms with Gasteiger partial charge in [-0.3, -0.25) is 14.3 Å². The molecule has 0 saturated heterocycles. The summed E-state index contributed by atoms with van der Waals surface area (Å²) >= 11 is 5.81. The van der Waals surface area contributed by atoms with Crippen LogP contribution in [0.4, 0.5) is 5.69 Å². The molecule has 2 heterocycles. The van der Waals surface area contributed by atoms with E-state index in [4.69, 9.17) is 16.3 Å². The fourth-order valence-corrected chi connectivity index (χ4v) is 2.99. The number of benzene rings is 1. The SMILES string of the molecule is COc1ccc2c(c1)[C@H](C(=O)NCCCn1cc(Cl)cn1)CC(=O)N2. The highest BCUT2D eigenvalue weighted by Gasteiger charge is 2.30. The van der Waals surface area contributed by atoms with Crippen molar-refractivity contribution < 1.29 is 14.3 Å². The second-order valence-corrected chi connectivity index (χ2v) is 6.26. The van der Waals surface area contributed by atoms with Crippen molar-refractivity contribution in [2.45, 2.75) is 25.3 Å². The molecule has 1 aliphatic rings. The molecule has 8 heteroatoms. The van der Waals surface area contributed by atoms with E-state index in [2.05, 4.69) is 15.7 Å². The lowest BCUT2D eigenvalue weighted by atomic mass is 9.89. The van der Waals surface area contributed by atoms with Gasteiger partial charge in [0.1, 0.15) is 5.75 Å². The van der Waals surface area contributed by atoms with Crippen molar-refractivity contribution in [3.05, 3.63) is 41.2 Å². The van der Waals surface area contributed by atoms with Gasteiger partial charge in [-0.15, -0.1) is 0 Å². The number of amides is 2. The monoisotopic (exact) mass is 362 g/mol. The van der Waals surface area contributed by atoms with E-state index < -0.39 is 5.92 Å². The molecule has 0 aliphatic carbocycles. The summed E-state index contributed by atoms with van der Waals surface area (Å²) in [5.74, 6) is -0.187. The van der Waals surface area contributed by atoms with Crippen LogP contribution in [-0.2, 0) is 16.1 Å². The molecule has 1 aliphatic heterocycles. The first-order chi connectivity index (χ1) is 12.1. The van der Waals surface area contributed by atoms with Crippen molar-refractivity contribution in [1.82, 2.24) is 15.1 Å². The molecule has 3 rings (SSSR count). The third-order valence-electron chi connectivity index (χ3n) is 4.08. The summed E-state index contributed by atoms with van der Waals surface area (Å²) in [4.78, 5) is 24.4. The zero-order chi connectivity index (χ0) is 17.8. The number of ether oxygens (including phenoxy) is 1. The van der Waals surface area contributed by atoms with E-state index in [0.29, 0.717) is 36.0 Å². The molecule has 132 valence electrons. The number of anilines is 1. The lowest BCUT2D eigenvalue weighted by molar-refractivity contribution is -0.126. The van der Waals surface area contributed by atoms with Crippen LogP contribution >= 0.6 is 11.6 Å². The number of carbonyl (C=O) groups excluding carboxylic acids is 2. The molecule has 1 atom stereocenters. The minimum atomic E-state index is -0.516. The Hall–Kier alpha value is -2.54. The van der Waals surface area contributed by atoms with E-state index in [-0.39, 0.29) is 18.2 Å². The minimum absolute atomic E-state index is 0.126. The molecule has 2 aromatic rings. The van der Waals surface area contributed by atoms with Crippen molar-refractivity contribution in [3.8, 4) is 5.75 Å².